The standard InChI is InChI=1S/C27H34N4O5S2/c1-3-29(4-2)15-16-31(27-28-22-17-23-24(36-19-35-23)18-25(22)37-27)26(32)20-9-11-21(12-10-20)38(33,34)30-13-7-5-6-8-14-30/h9-12,17-18H,3-8,13-16,19H2,1-2H3. The second-order valence-corrected chi connectivity index (χ2v) is 12.4. The third-order valence-electron chi connectivity index (χ3n) is 7.19. The van der Waals surface area contributed by atoms with E-state index in [1.165, 1.54) is 11.3 Å². The molecule has 9 nitrogen and oxygen atoms in total. The van der Waals surface area contributed by atoms with E-state index >= 15 is 0 Å². The number of hydrogen-bond acceptors (Lipinski definition) is 8. The van der Waals surface area contributed by atoms with Gasteiger partial charge in [-0.15, -0.1) is 0 Å². The van der Waals surface area contributed by atoms with Gasteiger partial charge in [0.1, 0.15) is 0 Å². The van der Waals surface area contributed by atoms with E-state index in [-0.39, 0.29) is 17.6 Å². The molecule has 0 saturated carbocycles. The summed E-state index contributed by atoms with van der Waals surface area (Å²) in [6.07, 6.45) is 3.86. The molecule has 0 radical (unpaired) electrons. The van der Waals surface area contributed by atoms with Crippen LogP contribution in [0.3, 0.4) is 0 Å². The molecule has 11 heteroatoms. The van der Waals surface area contributed by atoms with E-state index < -0.39 is 10.0 Å². The number of benzene rings is 2. The van der Waals surface area contributed by atoms with E-state index in [0.717, 1.165) is 49.0 Å². The molecule has 1 saturated heterocycles. The van der Waals surface area contributed by atoms with Crippen molar-refractivity contribution in [3.63, 3.8) is 0 Å². The highest BCUT2D eigenvalue weighted by Crippen LogP contribution is 2.40. The lowest BCUT2D eigenvalue weighted by atomic mass is 10.2. The Kier molecular flexibility index (Phi) is 8.18. The number of nitrogens with zero attached hydrogens (tertiary/aromatic N) is 4. The Morgan fingerprint density at radius 2 is 1.63 bits per heavy atom. The third kappa shape index (κ3) is 5.51. The topological polar surface area (TPSA) is 92.3 Å². The summed E-state index contributed by atoms with van der Waals surface area (Å²) in [7, 11) is -3.58. The molecule has 5 rings (SSSR count). The van der Waals surface area contributed by atoms with Crippen LogP contribution in [0.25, 0.3) is 10.2 Å². The number of carbonyl (C=O) groups excluding carboxylic acids is 1. The molecule has 0 unspecified atom stereocenters. The van der Waals surface area contributed by atoms with E-state index in [4.69, 9.17) is 14.5 Å². The predicted octanol–water partition coefficient (Wildman–Crippen LogP) is 4.58. The zero-order valence-electron chi connectivity index (χ0n) is 21.9. The van der Waals surface area contributed by atoms with Crippen LogP contribution in [0.2, 0.25) is 0 Å². The molecule has 2 aromatic carbocycles. The summed E-state index contributed by atoms with van der Waals surface area (Å²) < 4.78 is 39.9. The highest BCUT2D eigenvalue weighted by molar-refractivity contribution is 7.89. The van der Waals surface area contributed by atoms with Crippen LogP contribution < -0.4 is 14.4 Å². The van der Waals surface area contributed by atoms with Crippen LogP contribution in [0.4, 0.5) is 5.13 Å². The van der Waals surface area contributed by atoms with Crippen molar-refractivity contribution in [2.45, 2.75) is 44.4 Å². The number of fused-ring (bicyclic) bond motifs is 2. The minimum absolute atomic E-state index is 0.192. The maximum atomic E-state index is 13.8. The summed E-state index contributed by atoms with van der Waals surface area (Å²) in [5.41, 5.74) is 1.17. The average molecular weight is 559 g/mol. The van der Waals surface area contributed by atoms with Gasteiger partial charge in [-0.05, 0) is 50.2 Å². The van der Waals surface area contributed by atoms with Crippen molar-refractivity contribution < 1.29 is 22.7 Å². The molecule has 204 valence electrons. The van der Waals surface area contributed by atoms with E-state index in [0.29, 0.717) is 48.4 Å². The molecule has 1 fully saturated rings. The highest BCUT2D eigenvalue weighted by atomic mass is 32.2. The lowest BCUT2D eigenvalue weighted by Gasteiger charge is -2.25. The second kappa shape index (κ2) is 11.6. The number of carbonyl (C=O) groups is 1. The zero-order valence-corrected chi connectivity index (χ0v) is 23.5. The number of anilines is 1. The summed E-state index contributed by atoms with van der Waals surface area (Å²) in [6.45, 7) is 8.37. The fraction of sp³-hybridized carbons (Fsp3) is 0.481. The van der Waals surface area contributed by atoms with E-state index in [9.17, 15) is 13.2 Å². The van der Waals surface area contributed by atoms with E-state index in [1.54, 1.807) is 33.5 Å². The Bertz CT molecular complexity index is 1340. The van der Waals surface area contributed by atoms with Crippen LogP contribution in [-0.4, -0.2) is 74.6 Å². The van der Waals surface area contributed by atoms with Gasteiger partial charge in [0.05, 0.1) is 15.1 Å². The number of rotatable bonds is 9. The molecule has 1 aromatic heterocycles. The smallest absolute Gasteiger partial charge is 0.260 e. The highest BCUT2D eigenvalue weighted by Gasteiger charge is 2.27. The Hall–Kier alpha value is -2.73. The Morgan fingerprint density at radius 1 is 0.974 bits per heavy atom. The fourth-order valence-electron chi connectivity index (χ4n) is 4.84. The normalized spacial score (nSPS) is 16.2. The van der Waals surface area contributed by atoms with Crippen molar-refractivity contribution in [1.82, 2.24) is 14.2 Å². The van der Waals surface area contributed by atoms with Gasteiger partial charge in [-0.3, -0.25) is 9.69 Å². The largest absolute Gasteiger partial charge is 0.454 e. The Balaban J connectivity index is 1.42. The van der Waals surface area contributed by atoms with E-state index in [1.807, 2.05) is 12.1 Å². The van der Waals surface area contributed by atoms with Gasteiger partial charge >= 0.3 is 0 Å². The maximum Gasteiger partial charge on any atom is 0.260 e. The molecule has 0 atom stereocenters. The summed E-state index contributed by atoms with van der Waals surface area (Å²) >= 11 is 1.43. The van der Waals surface area contributed by atoms with Crippen molar-refractivity contribution in [3.8, 4) is 11.5 Å². The van der Waals surface area contributed by atoms with Gasteiger partial charge in [0.15, 0.2) is 16.6 Å². The van der Waals surface area contributed by atoms with Crippen LogP contribution in [-0.2, 0) is 10.0 Å². The minimum Gasteiger partial charge on any atom is -0.454 e. The van der Waals surface area contributed by atoms with Crippen molar-refractivity contribution in [3.05, 3.63) is 42.0 Å². The average Bonchev–Trinajstić information content (AvgIpc) is 3.45. The van der Waals surface area contributed by atoms with Crippen LogP contribution in [0.1, 0.15) is 49.9 Å². The molecule has 2 aliphatic heterocycles. The molecule has 3 aromatic rings. The molecule has 38 heavy (non-hydrogen) atoms. The van der Waals surface area contributed by atoms with E-state index in [2.05, 4.69) is 18.7 Å². The van der Waals surface area contributed by atoms with Gasteiger partial charge in [-0.2, -0.15) is 4.31 Å². The third-order valence-corrected chi connectivity index (χ3v) is 10.1. The van der Waals surface area contributed by atoms with Gasteiger partial charge in [0.2, 0.25) is 16.8 Å². The summed E-state index contributed by atoms with van der Waals surface area (Å²) in [6, 6.07) is 10.1. The quantitative estimate of drug-likeness (QED) is 0.380. The second-order valence-electron chi connectivity index (χ2n) is 9.50. The number of aromatic nitrogens is 1. The first-order valence-corrected chi connectivity index (χ1v) is 15.5. The van der Waals surface area contributed by atoms with Gasteiger partial charge in [-0.25, -0.2) is 13.4 Å². The number of amides is 1. The first-order valence-electron chi connectivity index (χ1n) is 13.3. The molecule has 1 amide bonds. The maximum absolute atomic E-state index is 13.8. The molecule has 0 bridgehead atoms. The first kappa shape index (κ1) is 26.9. The Labute approximate surface area is 228 Å². The SMILES string of the molecule is CCN(CC)CCN(C(=O)c1ccc(S(=O)(=O)N2CCCCCC2)cc1)c1nc2cc3c(cc2s1)OCO3. The van der Waals surface area contributed by atoms with Gasteiger partial charge in [0.25, 0.3) is 5.91 Å². The van der Waals surface area contributed by atoms with Crippen molar-refractivity contribution >= 4 is 42.6 Å². The number of hydrogen-bond donors (Lipinski definition) is 0. The monoisotopic (exact) mass is 558 g/mol. The van der Waals surface area contributed by atoms with Crippen LogP contribution in [0, 0.1) is 0 Å². The number of likely N-dealkylation sites (N-methyl/N-ethyl adjacent to an activating group) is 1. The van der Waals surface area contributed by atoms with Gasteiger partial charge in [-0.1, -0.05) is 38.0 Å². The van der Waals surface area contributed by atoms with Crippen molar-refractivity contribution in [2.75, 3.05) is 51.0 Å². The first-order chi connectivity index (χ1) is 18.4. The number of sulfonamides is 1. The van der Waals surface area contributed by atoms with Gasteiger partial charge < -0.3 is 14.4 Å². The number of thiazole rings is 1. The summed E-state index contributed by atoms with van der Waals surface area (Å²) in [5.74, 6) is 1.11. The minimum atomic E-state index is -3.58. The van der Waals surface area contributed by atoms with Crippen LogP contribution >= 0.6 is 11.3 Å². The lowest BCUT2D eigenvalue weighted by molar-refractivity contribution is 0.0983. The zero-order chi connectivity index (χ0) is 26.7. The summed E-state index contributed by atoms with van der Waals surface area (Å²) in [5, 5.41) is 0.585. The van der Waals surface area contributed by atoms with Crippen LogP contribution in [0.15, 0.2) is 41.3 Å². The molecule has 2 aliphatic rings. The molecule has 0 aliphatic carbocycles. The molecule has 0 spiro atoms. The lowest BCUT2D eigenvalue weighted by Crippen LogP contribution is -2.39. The van der Waals surface area contributed by atoms with Gasteiger partial charge in [0, 0.05) is 43.9 Å². The predicted molar refractivity (Wildman–Crippen MR) is 149 cm³/mol. The summed E-state index contributed by atoms with van der Waals surface area (Å²) in [4.78, 5) is 22.7. The molecule has 3 heterocycles. The molecular formula is C27H34N4O5S2. The fourth-order valence-corrected chi connectivity index (χ4v) is 7.36. The van der Waals surface area contributed by atoms with Crippen molar-refractivity contribution in [2.24, 2.45) is 0 Å². The van der Waals surface area contributed by atoms with Crippen LogP contribution in [0.5, 0.6) is 11.5 Å². The van der Waals surface area contributed by atoms with Crippen molar-refractivity contribution in [1.29, 1.82) is 0 Å². The molecular weight excluding hydrogens is 524 g/mol. The number of ether oxygens (including phenoxy) is 2. The Morgan fingerprint density at radius 3 is 2.29 bits per heavy atom. The molecule has 0 N–H and O–H groups in total.